The van der Waals surface area contributed by atoms with E-state index in [1.165, 1.54) is 53.4 Å². The zero-order valence-corrected chi connectivity index (χ0v) is 79.4. The molecule has 0 aromatic heterocycles. The molecule has 11 nitrogen and oxygen atoms in total. The number of alkyl halides is 11. The van der Waals surface area contributed by atoms with Gasteiger partial charge >= 0.3 is 35.6 Å². The molecule has 0 amide bonds. The van der Waals surface area contributed by atoms with Crippen molar-refractivity contribution in [2.75, 3.05) is 12.0 Å². The van der Waals surface area contributed by atoms with Gasteiger partial charge in [-0.3, -0.25) is 13.9 Å². The average Bonchev–Trinajstić information content (AvgIpc) is 0.722. The van der Waals surface area contributed by atoms with Crippen LogP contribution in [-0.4, -0.2) is 86.3 Å². The lowest BCUT2D eigenvalue weighted by molar-refractivity contribution is -0.175. The van der Waals surface area contributed by atoms with Gasteiger partial charge in [0, 0.05) is 19.2 Å². The number of ketones is 2. The van der Waals surface area contributed by atoms with Crippen LogP contribution in [0.25, 0.3) is 66.8 Å². The molecule has 12 aromatic rings. The molecule has 0 spiro atoms. The SMILES string of the molecule is CC(=O)c1c(F)c(F)c(F)c(F)c1F.CP(O[Si](C)(C)C)O[Si](C)(C)C.Cc1ccc(-c2ccc(-c3ccc(C(C)(c4c(F)c(F)c(F)c(F)c4F)C(F)(F)F)cc3)cc2)cc1.Cc1ccc(-c2ccc(-c3ccc(C(C)(c4c(F)c(F)c(P(=O)(O)O)c(F)c4F)C(F)(F)F)cc3)cc2)cc1.ClCCl.O.O=S(=O)(O)C(F)(F)F.[2H]CC(C)=O.c1ccc(-c2ccc(-c3ccccc3)cc2)cc1. The first-order chi connectivity index (χ1) is 62.3. The van der Waals surface area contributed by atoms with Crippen molar-refractivity contribution in [3.63, 3.8) is 0 Å². The van der Waals surface area contributed by atoms with E-state index in [1.807, 2.05) is 98.8 Å². The van der Waals surface area contributed by atoms with Crippen LogP contribution in [-0.2, 0) is 38.7 Å². The van der Waals surface area contributed by atoms with Crippen LogP contribution in [0.4, 0.5) is 101 Å². The Kier molecular flexibility index (Phi) is 41.5. The van der Waals surface area contributed by atoms with Gasteiger partial charge in [-0.25, -0.2) is 61.5 Å². The van der Waals surface area contributed by atoms with E-state index in [4.69, 9.17) is 55.8 Å². The molecule has 728 valence electrons. The number of benzene rings is 12. The molecule has 135 heavy (non-hydrogen) atoms. The Labute approximate surface area is 777 Å². The molecule has 12 rings (SSSR count). The molecule has 2 atom stereocenters. The highest BCUT2D eigenvalue weighted by Gasteiger charge is 2.59. The first kappa shape index (κ1) is 115. The molecule has 5 N–H and O–H groups in total. The minimum atomic E-state index is -5.91. The molecule has 0 aliphatic rings. The van der Waals surface area contributed by atoms with Gasteiger partial charge in [0.05, 0.1) is 10.9 Å². The van der Waals surface area contributed by atoms with Crippen LogP contribution in [0, 0.1) is 95.3 Å². The second-order valence-electron chi connectivity index (χ2n) is 31.1. The number of carbonyl (C=O) groups is 2. The summed E-state index contributed by atoms with van der Waals surface area (Å²) in [4.78, 5) is 38.3. The fraction of sp³-hybridized carbons (Fsp3) is 0.213. The molecule has 0 bridgehead atoms. The predicted molar refractivity (Wildman–Crippen MR) is 483 cm³/mol. The molecule has 0 saturated carbocycles. The number of hydrogen-bond donors (Lipinski definition) is 3. The van der Waals surface area contributed by atoms with Gasteiger partial charge in [-0.15, -0.1) is 23.2 Å². The van der Waals surface area contributed by atoms with Crippen LogP contribution in [0.1, 0.15) is 79.7 Å². The Morgan fingerprint density at radius 2 is 0.570 bits per heavy atom. The van der Waals surface area contributed by atoms with Gasteiger partial charge in [-0.05, 0) is 166 Å². The van der Waals surface area contributed by atoms with Gasteiger partial charge in [0.15, 0.2) is 92.2 Å². The number of hydrogen-bond acceptors (Lipinski definition) is 7. The number of aryl methyl sites for hydroxylation is 2. The Balaban J connectivity index is 0.000000360. The summed E-state index contributed by atoms with van der Waals surface area (Å²) in [6.07, 6.45) is -10.9. The molecule has 0 aliphatic carbocycles. The molecule has 2 unspecified atom stereocenters. The van der Waals surface area contributed by atoms with Gasteiger partial charge in [-0.1, -0.05) is 242 Å². The smallest absolute Gasteiger partial charge is 0.412 e. The van der Waals surface area contributed by atoms with Gasteiger partial charge in [0.1, 0.15) is 30.3 Å². The normalized spacial score (nSPS) is 12.5. The lowest BCUT2D eigenvalue weighted by atomic mass is 9.74. The Bertz CT molecular complexity index is 6040. The zero-order valence-electron chi connectivity index (χ0n) is 74.3. The molecule has 12 aromatic carbocycles. The third-order valence-corrected chi connectivity index (χ3v) is 26.8. The van der Waals surface area contributed by atoms with Crippen LogP contribution in [0.15, 0.2) is 231 Å². The maximum Gasteiger partial charge on any atom is 0.522 e. The molecular weight excluding hydrogens is 1960 g/mol. The number of rotatable bonds is 16. The summed E-state index contributed by atoms with van der Waals surface area (Å²) in [5.74, 6) is -34.8. The summed E-state index contributed by atoms with van der Waals surface area (Å²) >= 11 is 9.53. The van der Waals surface area contributed by atoms with Crippen LogP contribution in [0.5, 0.6) is 0 Å². The van der Waals surface area contributed by atoms with E-state index in [-0.39, 0.29) is 23.5 Å². The maximum atomic E-state index is 14.9. The van der Waals surface area contributed by atoms with Crippen molar-refractivity contribution < 1.29 is 153 Å². The second kappa shape index (κ2) is 48.7. The Morgan fingerprint density at radius 1 is 0.385 bits per heavy atom. The van der Waals surface area contributed by atoms with Crippen molar-refractivity contribution in [2.24, 2.45) is 0 Å². The van der Waals surface area contributed by atoms with Crippen LogP contribution >= 0.6 is 39.2 Å². The molecule has 0 aliphatic heterocycles. The lowest BCUT2D eigenvalue weighted by Gasteiger charge is -2.34. The van der Waals surface area contributed by atoms with E-state index in [0.717, 1.165) is 57.6 Å². The molecule has 41 heteroatoms. The summed E-state index contributed by atoms with van der Waals surface area (Å²) in [6, 6.07) is 68.4. The van der Waals surface area contributed by atoms with Crippen molar-refractivity contribution in [1.82, 2.24) is 0 Å². The van der Waals surface area contributed by atoms with Gasteiger partial charge in [0.25, 0.3) is 0 Å². The molecule has 0 saturated heterocycles. The van der Waals surface area contributed by atoms with Gasteiger partial charge < -0.3 is 28.5 Å². The number of Topliss-reactive ketones (excluding diaryl/α,β-unsaturated/α-hetero) is 2. The standard InChI is InChI=1S/C28H18F8.C28H20F7O3P.C18H14.C8H3F5O.C7H21O2PSi2.C3H6O.CH2Cl2.CHF3O3S.H2O/c1-15-3-5-16(6-4-15)17-7-9-18(10-8-17)19-11-13-20(14-12-19)27(2,28(34,35)36)21-22(29)24(31)26(33)25(32)23(21)30;1-15-3-5-16(6-4-15)17-7-9-18(10-8-17)19-11-13-20(14-12-19)27(2,28(33,34)35)21-22(29)24(31)26(39(36,37)38)25(32)23(21)30;1-3-7-15(8-4-1)17-11-13-18(14-12-17)16-9-5-2-6-10-16;1-2(14)3-4(9)6(11)8(13)7(12)5(3)10;1-10(8-11(2,3)4)9-12(5,6)7;1-3(2)4;2-1-3;2-1(3,4)8(5,6)7;/h3-14H,1-2H3;3-14H,1-2H3,(H2,36,37,38);1-14H;1H3;1-7H3;1-2H3;1H2;(H,5,6,7);1H2/i;;;;;1D;;;. The van der Waals surface area contributed by atoms with E-state index in [1.54, 1.807) is 24.3 Å². The van der Waals surface area contributed by atoms with Crippen molar-refractivity contribution in [3.05, 3.63) is 351 Å². The van der Waals surface area contributed by atoms with Crippen LogP contribution < -0.4 is 5.30 Å². The summed E-state index contributed by atoms with van der Waals surface area (Å²) < 4.78 is 364. The largest absolute Gasteiger partial charge is 0.522 e. The monoisotopic (exact) mass is 2050 g/mol. The minimum Gasteiger partial charge on any atom is -0.412 e. The highest BCUT2D eigenvalue weighted by atomic mass is 35.5. The van der Waals surface area contributed by atoms with Crippen molar-refractivity contribution >= 4 is 82.8 Å². The van der Waals surface area contributed by atoms with E-state index in [9.17, 15) is 115 Å². The highest BCUT2D eigenvalue weighted by molar-refractivity contribution is 7.86. The Morgan fingerprint density at radius 3 is 0.756 bits per heavy atom. The van der Waals surface area contributed by atoms with Crippen molar-refractivity contribution in [2.45, 2.75) is 116 Å². The van der Waals surface area contributed by atoms with Crippen LogP contribution in [0.3, 0.4) is 0 Å². The lowest BCUT2D eigenvalue weighted by Crippen LogP contribution is -2.43. The summed E-state index contributed by atoms with van der Waals surface area (Å²) in [5, 5.41) is -2.09. The first-order valence-electron chi connectivity index (χ1n) is 39.4. The maximum absolute atomic E-state index is 14.9. The summed E-state index contributed by atoms with van der Waals surface area (Å²) in [6.45, 7) is 21.9. The fourth-order valence-corrected chi connectivity index (χ4v) is 19.6. The van der Waals surface area contributed by atoms with E-state index < -0.39 is 192 Å². The van der Waals surface area contributed by atoms with E-state index in [2.05, 4.69) is 119 Å². The third kappa shape index (κ3) is 31.1. The molecule has 0 heterocycles. The zero-order chi connectivity index (χ0) is 103. The molecule has 0 fully saturated rings. The number of halogens is 25. The van der Waals surface area contributed by atoms with E-state index >= 15 is 0 Å². The quantitative estimate of drug-likeness (QED) is 0.00964. The van der Waals surface area contributed by atoms with Gasteiger partial charge in [-0.2, -0.15) is 47.9 Å². The van der Waals surface area contributed by atoms with Crippen LogP contribution in [0.2, 0.25) is 39.3 Å². The first-order valence-corrected chi connectivity index (χ1v) is 51.3. The summed E-state index contributed by atoms with van der Waals surface area (Å²) in [5.41, 5.74) is -6.32. The van der Waals surface area contributed by atoms with Crippen molar-refractivity contribution in [1.29, 1.82) is 0 Å². The topological polar surface area (TPSA) is 196 Å². The van der Waals surface area contributed by atoms with E-state index in [0.29, 0.717) is 43.0 Å². The minimum absolute atomic E-state index is 0. The highest BCUT2D eigenvalue weighted by Crippen LogP contribution is 2.52. The average molecular weight is 2050 g/mol. The Hall–Kier alpha value is -10.2. The third-order valence-electron chi connectivity index (χ3n) is 18.8. The molecular formula is C94H87Cl2F23O11P2SSi2. The summed E-state index contributed by atoms with van der Waals surface area (Å²) in [7, 11) is -15.2. The molecule has 0 radical (unpaired) electrons. The second-order valence-corrected chi connectivity index (χ2v) is 45.7. The predicted octanol–water partition coefficient (Wildman–Crippen LogP) is 29.3. The van der Waals surface area contributed by atoms with Gasteiger partial charge in [0.2, 0.25) is 11.6 Å². The fourth-order valence-electron chi connectivity index (χ4n) is 12.3. The number of carbonyl (C=O) groups excluding carboxylic acids is 2. The van der Waals surface area contributed by atoms with Crippen molar-refractivity contribution in [3.8, 4) is 66.8 Å².